The van der Waals surface area contributed by atoms with Crippen LogP contribution in [0.5, 0.6) is 0 Å². The van der Waals surface area contributed by atoms with Gasteiger partial charge in [-0.25, -0.2) is 0 Å². The van der Waals surface area contributed by atoms with Gasteiger partial charge in [-0.2, -0.15) is 0 Å². The number of rotatable bonds is 5. The maximum Gasteiger partial charge on any atom is 0.270 e. The van der Waals surface area contributed by atoms with Crippen molar-refractivity contribution in [2.75, 3.05) is 18.8 Å². The summed E-state index contributed by atoms with van der Waals surface area (Å²) >= 11 is 4.96. The van der Waals surface area contributed by atoms with Crippen molar-refractivity contribution in [2.45, 2.75) is 17.7 Å². The Bertz CT molecular complexity index is 723. The van der Waals surface area contributed by atoms with Gasteiger partial charge in [-0.3, -0.25) is 9.59 Å². The maximum absolute atomic E-state index is 12.3. The molecule has 0 unspecified atom stereocenters. The van der Waals surface area contributed by atoms with Crippen LogP contribution < -0.4 is 0 Å². The second kappa shape index (κ2) is 7.36. The van der Waals surface area contributed by atoms with Crippen LogP contribution in [0.1, 0.15) is 33.7 Å². The number of hydrogen-bond donors (Lipinski definition) is 1. The van der Waals surface area contributed by atoms with Gasteiger partial charge in [0.2, 0.25) is 0 Å². The monoisotopic (exact) mass is 392 g/mol. The Labute approximate surface area is 147 Å². The normalized spacial score (nSPS) is 14.2. The van der Waals surface area contributed by atoms with E-state index in [2.05, 4.69) is 20.9 Å². The van der Waals surface area contributed by atoms with Gasteiger partial charge in [0.1, 0.15) is 5.69 Å². The molecule has 23 heavy (non-hydrogen) atoms. The number of aromatic nitrogens is 1. The molecule has 1 amide bonds. The number of Topliss-reactive ketones (excluding diaryl/α,β-unsaturated/α-hetero) is 1. The predicted octanol–water partition coefficient (Wildman–Crippen LogP) is 3.99. The summed E-state index contributed by atoms with van der Waals surface area (Å²) in [6, 6.07) is 9.49. The van der Waals surface area contributed by atoms with Crippen LogP contribution in [0.2, 0.25) is 0 Å². The van der Waals surface area contributed by atoms with Crippen molar-refractivity contribution in [1.82, 2.24) is 9.88 Å². The number of thioether (sulfide) groups is 1. The van der Waals surface area contributed by atoms with Crippen LogP contribution in [0.3, 0.4) is 0 Å². The highest BCUT2D eigenvalue weighted by atomic mass is 79.9. The molecule has 1 saturated heterocycles. The SMILES string of the molecule is O=C(CSc1ccccc1Br)c1c[nH]c(C(=O)N2CCCC2)c1. The third-order valence-electron chi connectivity index (χ3n) is 3.82. The molecule has 0 bridgehead atoms. The molecule has 120 valence electrons. The van der Waals surface area contributed by atoms with Crippen molar-refractivity contribution in [2.24, 2.45) is 0 Å². The summed E-state index contributed by atoms with van der Waals surface area (Å²) < 4.78 is 0.983. The third kappa shape index (κ3) is 3.87. The molecule has 1 aromatic heterocycles. The van der Waals surface area contributed by atoms with Crippen LogP contribution in [-0.4, -0.2) is 40.4 Å². The Hall–Kier alpha value is -1.53. The van der Waals surface area contributed by atoms with Crippen LogP contribution in [0.15, 0.2) is 45.9 Å². The predicted molar refractivity (Wildman–Crippen MR) is 95.1 cm³/mol. The summed E-state index contributed by atoms with van der Waals surface area (Å²) in [7, 11) is 0. The van der Waals surface area contributed by atoms with Crippen molar-refractivity contribution in [3.63, 3.8) is 0 Å². The Morgan fingerprint density at radius 2 is 1.96 bits per heavy atom. The van der Waals surface area contributed by atoms with E-state index >= 15 is 0 Å². The summed E-state index contributed by atoms with van der Waals surface area (Å²) in [6.07, 6.45) is 3.74. The summed E-state index contributed by atoms with van der Waals surface area (Å²) in [5.41, 5.74) is 1.06. The Balaban J connectivity index is 1.62. The van der Waals surface area contributed by atoms with Gasteiger partial charge >= 0.3 is 0 Å². The van der Waals surface area contributed by atoms with E-state index in [1.807, 2.05) is 29.2 Å². The zero-order valence-corrected chi connectivity index (χ0v) is 15.0. The highest BCUT2D eigenvalue weighted by Crippen LogP contribution is 2.27. The first-order chi connectivity index (χ1) is 11.1. The van der Waals surface area contributed by atoms with E-state index in [4.69, 9.17) is 0 Å². The van der Waals surface area contributed by atoms with Gasteiger partial charge < -0.3 is 9.88 Å². The highest BCUT2D eigenvalue weighted by Gasteiger charge is 2.21. The fraction of sp³-hybridized carbons (Fsp3) is 0.294. The van der Waals surface area contributed by atoms with Gasteiger partial charge in [-0.05, 0) is 47.0 Å². The molecule has 0 radical (unpaired) electrons. The lowest BCUT2D eigenvalue weighted by Gasteiger charge is -2.13. The molecule has 2 heterocycles. The van der Waals surface area contributed by atoms with Gasteiger partial charge in [-0.15, -0.1) is 11.8 Å². The van der Waals surface area contributed by atoms with Gasteiger partial charge in [0.15, 0.2) is 5.78 Å². The first-order valence-corrected chi connectivity index (χ1v) is 9.31. The van der Waals surface area contributed by atoms with Crippen LogP contribution >= 0.6 is 27.7 Å². The smallest absolute Gasteiger partial charge is 0.270 e. The molecule has 6 heteroatoms. The number of nitrogens with zero attached hydrogens (tertiary/aromatic N) is 1. The number of aromatic amines is 1. The minimum absolute atomic E-state index is 0.0139. The van der Waals surface area contributed by atoms with Crippen LogP contribution in [0.25, 0.3) is 0 Å². The number of hydrogen-bond acceptors (Lipinski definition) is 3. The number of H-pyrrole nitrogens is 1. The number of amides is 1. The van der Waals surface area contributed by atoms with Crippen molar-refractivity contribution in [1.29, 1.82) is 0 Å². The average Bonchev–Trinajstić information content (AvgIpc) is 3.24. The van der Waals surface area contributed by atoms with E-state index in [1.54, 1.807) is 12.3 Å². The maximum atomic E-state index is 12.3. The van der Waals surface area contributed by atoms with Gasteiger partial charge in [-0.1, -0.05) is 12.1 Å². The third-order valence-corrected chi connectivity index (χ3v) is 5.85. The molecule has 1 aliphatic heterocycles. The van der Waals surface area contributed by atoms with Crippen LogP contribution in [0.4, 0.5) is 0 Å². The fourth-order valence-electron chi connectivity index (χ4n) is 2.56. The first-order valence-electron chi connectivity index (χ1n) is 7.53. The fourth-order valence-corrected chi connectivity index (χ4v) is 4.02. The molecule has 1 fully saturated rings. The molecule has 0 spiro atoms. The average molecular weight is 393 g/mol. The molecule has 4 nitrogen and oxygen atoms in total. The first kappa shape index (κ1) is 16.3. The molecule has 1 aliphatic rings. The lowest BCUT2D eigenvalue weighted by Crippen LogP contribution is -2.27. The minimum atomic E-state index is -0.0139. The van der Waals surface area contributed by atoms with E-state index in [0.29, 0.717) is 17.0 Å². The molecular formula is C17H17BrN2O2S. The van der Waals surface area contributed by atoms with Crippen molar-refractivity contribution in [3.05, 3.63) is 52.3 Å². The number of benzene rings is 1. The van der Waals surface area contributed by atoms with Crippen molar-refractivity contribution in [3.8, 4) is 0 Å². The number of likely N-dealkylation sites (tertiary alicyclic amines) is 1. The molecule has 0 atom stereocenters. The van der Waals surface area contributed by atoms with E-state index in [0.717, 1.165) is 35.3 Å². The highest BCUT2D eigenvalue weighted by molar-refractivity contribution is 9.10. The zero-order chi connectivity index (χ0) is 16.2. The minimum Gasteiger partial charge on any atom is -0.356 e. The molecule has 0 aliphatic carbocycles. The largest absolute Gasteiger partial charge is 0.356 e. The number of ketones is 1. The molecular weight excluding hydrogens is 376 g/mol. The standard InChI is InChI=1S/C17H17BrN2O2S/c18-13-5-1-2-6-16(13)23-11-15(21)12-9-14(19-10-12)17(22)20-7-3-4-8-20/h1-2,5-6,9-10,19H,3-4,7-8,11H2. The number of nitrogens with one attached hydrogen (secondary N) is 1. The number of halogens is 1. The number of carbonyl (C=O) groups is 2. The zero-order valence-electron chi connectivity index (χ0n) is 12.5. The van der Waals surface area contributed by atoms with Gasteiger partial charge in [0.05, 0.1) is 5.75 Å². The van der Waals surface area contributed by atoms with Crippen molar-refractivity contribution >= 4 is 39.4 Å². The molecule has 3 rings (SSSR count). The van der Waals surface area contributed by atoms with E-state index in [-0.39, 0.29) is 11.7 Å². The summed E-state index contributed by atoms with van der Waals surface area (Å²) in [6.45, 7) is 1.61. The Morgan fingerprint density at radius 1 is 1.22 bits per heavy atom. The van der Waals surface area contributed by atoms with E-state index in [1.165, 1.54) is 11.8 Å². The molecule has 1 aromatic carbocycles. The second-order valence-corrected chi connectivity index (χ2v) is 7.32. The van der Waals surface area contributed by atoms with Crippen LogP contribution in [0, 0.1) is 0 Å². The topological polar surface area (TPSA) is 53.2 Å². The molecule has 2 aromatic rings. The Morgan fingerprint density at radius 3 is 2.70 bits per heavy atom. The van der Waals surface area contributed by atoms with Crippen molar-refractivity contribution < 1.29 is 9.59 Å². The Kier molecular flexibility index (Phi) is 5.23. The lowest BCUT2D eigenvalue weighted by atomic mass is 10.2. The quantitative estimate of drug-likeness (QED) is 0.618. The van der Waals surface area contributed by atoms with Gasteiger partial charge in [0.25, 0.3) is 5.91 Å². The van der Waals surface area contributed by atoms with E-state index in [9.17, 15) is 9.59 Å². The molecule has 0 saturated carbocycles. The second-order valence-electron chi connectivity index (χ2n) is 5.44. The summed E-state index contributed by atoms with van der Waals surface area (Å²) in [4.78, 5) is 30.4. The summed E-state index contributed by atoms with van der Waals surface area (Å²) in [5, 5.41) is 0. The lowest BCUT2D eigenvalue weighted by molar-refractivity contribution is 0.0787. The van der Waals surface area contributed by atoms with E-state index < -0.39 is 0 Å². The van der Waals surface area contributed by atoms with Crippen LogP contribution in [-0.2, 0) is 0 Å². The summed E-state index contributed by atoms with van der Waals surface area (Å²) in [5.74, 6) is 0.347. The molecule has 1 N–H and O–H groups in total. The van der Waals surface area contributed by atoms with Gasteiger partial charge in [0, 0.05) is 34.2 Å². The number of carbonyl (C=O) groups excluding carboxylic acids is 2.